The molecule has 1 saturated heterocycles. The molecule has 0 radical (unpaired) electrons. The van der Waals surface area contributed by atoms with E-state index in [2.05, 4.69) is 11.9 Å². The van der Waals surface area contributed by atoms with Crippen LogP contribution in [0.15, 0.2) is 30.9 Å². The van der Waals surface area contributed by atoms with Gasteiger partial charge in [-0.15, -0.1) is 6.58 Å². The number of piperazine rings is 1. The summed E-state index contributed by atoms with van der Waals surface area (Å²) < 4.78 is 0. The van der Waals surface area contributed by atoms with E-state index in [-0.39, 0.29) is 11.8 Å². The van der Waals surface area contributed by atoms with Crippen molar-refractivity contribution in [2.75, 3.05) is 39.3 Å². The zero-order chi connectivity index (χ0) is 16.8. The molecular formula is C16H19Cl2N3O2. The molecule has 0 aliphatic carbocycles. The second kappa shape index (κ2) is 8.34. The molecule has 0 aromatic heterocycles. The lowest BCUT2D eigenvalue weighted by Crippen LogP contribution is -2.51. The molecule has 1 fully saturated rings. The van der Waals surface area contributed by atoms with Gasteiger partial charge in [0.05, 0.1) is 17.1 Å². The van der Waals surface area contributed by atoms with Gasteiger partial charge in [-0.25, -0.2) is 0 Å². The predicted octanol–water partition coefficient (Wildman–Crippen LogP) is 2.05. The first-order valence-corrected chi connectivity index (χ1v) is 8.11. The molecule has 0 spiro atoms. The van der Waals surface area contributed by atoms with Crippen molar-refractivity contribution in [3.63, 3.8) is 0 Å². The normalized spacial score (nSPS) is 15.3. The molecule has 1 heterocycles. The molecule has 0 unspecified atom stereocenters. The van der Waals surface area contributed by atoms with Crippen LogP contribution in [0.1, 0.15) is 10.4 Å². The number of hydrogen-bond acceptors (Lipinski definition) is 3. The van der Waals surface area contributed by atoms with Crippen molar-refractivity contribution in [1.29, 1.82) is 0 Å². The van der Waals surface area contributed by atoms with Gasteiger partial charge in [0.2, 0.25) is 5.91 Å². The molecule has 2 amide bonds. The lowest BCUT2D eigenvalue weighted by atomic mass is 10.1. The summed E-state index contributed by atoms with van der Waals surface area (Å²) in [6.45, 7) is 6.78. The van der Waals surface area contributed by atoms with E-state index in [4.69, 9.17) is 23.2 Å². The summed E-state index contributed by atoms with van der Waals surface area (Å²) in [5.41, 5.74) is 0.452. The Labute approximate surface area is 145 Å². The van der Waals surface area contributed by atoms with Gasteiger partial charge >= 0.3 is 0 Å². The Morgan fingerprint density at radius 3 is 2.52 bits per heavy atom. The van der Waals surface area contributed by atoms with Gasteiger partial charge in [0, 0.05) is 37.7 Å². The zero-order valence-corrected chi connectivity index (χ0v) is 14.2. The van der Waals surface area contributed by atoms with Crippen molar-refractivity contribution >= 4 is 35.0 Å². The van der Waals surface area contributed by atoms with Crippen LogP contribution >= 0.6 is 23.2 Å². The number of nitrogens with zero attached hydrogens (tertiary/aromatic N) is 2. The predicted molar refractivity (Wildman–Crippen MR) is 92.0 cm³/mol. The number of hydrogen-bond donors (Lipinski definition) is 1. The number of carbonyl (C=O) groups excluding carboxylic acids is 2. The summed E-state index contributed by atoms with van der Waals surface area (Å²) in [5, 5.41) is 3.60. The largest absolute Gasteiger partial charge is 0.352 e. The van der Waals surface area contributed by atoms with E-state index in [1.165, 1.54) is 0 Å². The molecule has 0 saturated carbocycles. The lowest BCUT2D eigenvalue weighted by Gasteiger charge is -2.34. The average Bonchev–Trinajstić information content (AvgIpc) is 2.53. The monoisotopic (exact) mass is 355 g/mol. The molecule has 1 N–H and O–H groups in total. The van der Waals surface area contributed by atoms with E-state index in [9.17, 15) is 9.59 Å². The first-order chi connectivity index (χ1) is 11.0. The Kier molecular flexibility index (Phi) is 6.45. The third kappa shape index (κ3) is 4.96. The molecule has 0 bridgehead atoms. The Bertz CT molecular complexity index is 599. The molecule has 124 valence electrons. The molecule has 1 aromatic carbocycles. The third-order valence-corrected chi connectivity index (χ3v) is 4.18. The minimum atomic E-state index is -0.109. The average molecular weight is 356 g/mol. The number of rotatable bonds is 5. The highest BCUT2D eigenvalue weighted by atomic mass is 35.5. The molecule has 5 nitrogen and oxygen atoms in total. The summed E-state index contributed by atoms with van der Waals surface area (Å²) in [6.07, 6.45) is 1.64. The van der Waals surface area contributed by atoms with E-state index in [1.54, 1.807) is 29.2 Å². The number of nitrogens with one attached hydrogen (secondary N) is 1. The standard InChI is InChI=1S/C16H19Cl2N3O2/c1-2-5-19-15(22)11-20-6-8-21(9-7-20)16(23)13-4-3-12(17)10-14(13)18/h2-4,10H,1,5-9,11H2,(H,19,22). The van der Waals surface area contributed by atoms with Crippen LogP contribution in [0, 0.1) is 0 Å². The fourth-order valence-corrected chi connectivity index (χ4v) is 2.88. The second-order valence-electron chi connectivity index (χ2n) is 5.29. The molecule has 0 atom stereocenters. The van der Waals surface area contributed by atoms with Gasteiger partial charge in [0.15, 0.2) is 0 Å². The summed E-state index contributed by atoms with van der Waals surface area (Å²) in [7, 11) is 0. The number of carbonyl (C=O) groups is 2. The van der Waals surface area contributed by atoms with Crippen LogP contribution < -0.4 is 5.32 Å². The van der Waals surface area contributed by atoms with Crippen molar-refractivity contribution in [2.45, 2.75) is 0 Å². The van der Waals surface area contributed by atoms with E-state index >= 15 is 0 Å². The minimum Gasteiger partial charge on any atom is -0.352 e. The summed E-state index contributed by atoms with van der Waals surface area (Å²) in [6, 6.07) is 4.86. The number of benzene rings is 1. The maximum Gasteiger partial charge on any atom is 0.255 e. The van der Waals surface area contributed by atoms with Gasteiger partial charge in [0.25, 0.3) is 5.91 Å². The second-order valence-corrected chi connectivity index (χ2v) is 6.13. The van der Waals surface area contributed by atoms with Crippen LogP contribution in [-0.2, 0) is 4.79 Å². The van der Waals surface area contributed by atoms with Crippen LogP contribution in [-0.4, -0.2) is 60.9 Å². The SMILES string of the molecule is C=CCNC(=O)CN1CCN(C(=O)c2ccc(Cl)cc2Cl)CC1. The Hall–Kier alpha value is -1.56. The van der Waals surface area contributed by atoms with Gasteiger partial charge in [-0.05, 0) is 18.2 Å². The molecule has 1 aliphatic rings. The maximum absolute atomic E-state index is 12.5. The third-order valence-electron chi connectivity index (χ3n) is 3.63. The topological polar surface area (TPSA) is 52.7 Å². The Balaban J connectivity index is 1.87. The highest BCUT2D eigenvalue weighted by molar-refractivity contribution is 6.36. The van der Waals surface area contributed by atoms with Crippen LogP contribution in [0.25, 0.3) is 0 Å². The zero-order valence-electron chi connectivity index (χ0n) is 12.7. The summed E-state index contributed by atoms with van der Waals surface area (Å²) in [4.78, 5) is 27.9. The Morgan fingerprint density at radius 1 is 1.22 bits per heavy atom. The molecular weight excluding hydrogens is 337 g/mol. The summed E-state index contributed by atoms with van der Waals surface area (Å²) >= 11 is 11.9. The molecule has 1 aromatic rings. The quantitative estimate of drug-likeness (QED) is 0.822. The van der Waals surface area contributed by atoms with Crippen molar-refractivity contribution in [3.8, 4) is 0 Å². The fourth-order valence-electron chi connectivity index (χ4n) is 2.39. The molecule has 1 aliphatic heterocycles. The van der Waals surface area contributed by atoms with Crippen molar-refractivity contribution in [2.24, 2.45) is 0 Å². The van der Waals surface area contributed by atoms with Crippen LogP contribution in [0.3, 0.4) is 0 Å². The Morgan fingerprint density at radius 2 is 1.91 bits per heavy atom. The summed E-state index contributed by atoms with van der Waals surface area (Å²) in [5.74, 6) is -0.146. The molecule has 2 rings (SSSR count). The van der Waals surface area contributed by atoms with Crippen molar-refractivity contribution in [3.05, 3.63) is 46.5 Å². The minimum absolute atomic E-state index is 0.0366. The van der Waals surface area contributed by atoms with Crippen LogP contribution in [0.4, 0.5) is 0 Å². The van der Waals surface area contributed by atoms with Gasteiger partial charge in [0.1, 0.15) is 0 Å². The van der Waals surface area contributed by atoms with Gasteiger partial charge in [-0.2, -0.15) is 0 Å². The first-order valence-electron chi connectivity index (χ1n) is 7.35. The first kappa shape index (κ1) is 17.8. The van der Waals surface area contributed by atoms with E-state index in [0.717, 1.165) is 0 Å². The number of halogens is 2. The van der Waals surface area contributed by atoms with Gasteiger partial charge < -0.3 is 10.2 Å². The van der Waals surface area contributed by atoms with E-state index < -0.39 is 0 Å². The van der Waals surface area contributed by atoms with E-state index in [1.807, 2.05) is 4.90 Å². The lowest BCUT2D eigenvalue weighted by molar-refractivity contribution is -0.122. The molecule has 23 heavy (non-hydrogen) atoms. The van der Waals surface area contributed by atoms with E-state index in [0.29, 0.717) is 54.9 Å². The van der Waals surface area contributed by atoms with Gasteiger partial charge in [-0.1, -0.05) is 29.3 Å². The number of amides is 2. The van der Waals surface area contributed by atoms with Crippen molar-refractivity contribution in [1.82, 2.24) is 15.1 Å². The van der Waals surface area contributed by atoms with Gasteiger partial charge in [-0.3, -0.25) is 14.5 Å². The highest BCUT2D eigenvalue weighted by Crippen LogP contribution is 2.22. The van der Waals surface area contributed by atoms with Crippen molar-refractivity contribution < 1.29 is 9.59 Å². The maximum atomic E-state index is 12.5. The van der Waals surface area contributed by atoms with Crippen LogP contribution in [0.5, 0.6) is 0 Å². The molecule has 7 heteroatoms. The van der Waals surface area contributed by atoms with Crippen LogP contribution in [0.2, 0.25) is 10.0 Å². The smallest absolute Gasteiger partial charge is 0.255 e. The fraction of sp³-hybridized carbons (Fsp3) is 0.375. The highest BCUT2D eigenvalue weighted by Gasteiger charge is 2.24.